The van der Waals surface area contributed by atoms with Gasteiger partial charge in [0.15, 0.2) is 0 Å². The molecule has 0 atom stereocenters. The van der Waals surface area contributed by atoms with Gasteiger partial charge in [-0.15, -0.1) is 11.3 Å². The van der Waals surface area contributed by atoms with Crippen LogP contribution in [0.1, 0.15) is 28.9 Å². The van der Waals surface area contributed by atoms with Crippen LogP contribution in [0.5, 0.6) is 0 Å². The molecule has 0 unspecified atom stereocenters. The van der Waals surface area contributed by atoms with Crippen molar-refractivity contribution in [3.05, 3.63) is 34.0 Å². The third kappa shape index (κ3) is 3.91. The molecule has 3 N–H and O–H groups in total. The van der Waals surface area contributed by atoms with Gasteiger partial charge >= 0.3 is 0 Å². The molecule has 116 valence electrons. The van der Waals surface area contributed by atoms with E-state index in [0.29, 0.717) is 6.54 Å². The van der Waals surface area contributed by atoms with Crippen LogP contribution in [0.3, 0.4) is 0 Å². The summed E-state index contributed by atoms with van der Waals surface area (Å²) < 4.78 is 29.1. The van der Waals surface area contributed by atoms with E-state index in [4.69, 9.17) is 5.73 Å². The van der Waals surface area contributed by atoms with E-state index in [1.807, 2.05) is 18.4 Å². The molecule has 2 rings (SSSR count). The van der Waals surface area contributed by atoms with Crippen molar-refractivity contribution in [2.75, 3.05) is 0 Å². The maximum Gasteiger partial charge on any atom is 0.242 e. The first-order valence-corrected chi connectivity index (χ1v) is 9.06. The number of aromatic nitrogens is 2. The highest BCUT2D eigenvalue weighted by molar-refractivity contribution is 7.89. The van der Waals surface area contributed by atoms with E-state index in [1.165, 1.54) is 11.3 Å². The number of nitrogens with one attached hydrogen (secondary N) is 1. The zero-order valence-corrected chi connectivity index (χ0v) is 13.8. The monoisotopic (exact) mass is 328 g/mol. The summed E-state index contributed by atoms with van der Waals surface area (Å²) in [7, 11) is -3.54. The molecule has 0 bridgehead atoms. The van der Waals surface area contributed by atoms with Gasteiger partial charge in [-0.2, -0.15) is 0 Å². The molecule has 0 aromatic carbocycles. The van der Waals surface area contributed by atoms with Gasteiger partial charge in [-0.05, 0) is 19.4 Å². The minimum atomic E-state index is -3.54. The second-order valence-electron chi connectivity index (χ2n) is 4.75. The summed E-state index contributed by atoms with van der Waals surface area (Å²) in [6.45, 7) is 5.26. The topological polar surface area (TPSA) is 90.0 Å². The summed E-state index contributed by atoms with van der Waals surface area (Å²) in [6.07, 6.45) is 4.30. The summed E-state index contributed by atoms with van der Waals surface area (Å²) >= 11 is 1.48. The Labute approximate surface area is 129 Å². The summed E-state index contributed by atoms with van der Waals surface area (Å²) in [4.78, 5) is 5.46. The molecule has 0 saturated carbocycles. The maximum absolute atomic E-state index is 12.3. The van der Waals surface area contributed by atoms with Crippen LogP contribution in [0, 0.1) is 6.92 Å². The van der Waals surface area contributed by atoms with E-state index in [-0.39, 0.29) is 11.4 Å². The highest BCUT2D eigenvalue weighted by atomic mass is 32.2. The van der Waals surface area contributed by atoms with Crippen molar-refractivity contribution in [3.8, 4) is 0 Å². The minimum Gasteiger partial charge on any atom is -0.349 e. The van der Waals surface area contributed by atoms with Gasteiger partial charge in [-0.1, -0.05) is 6.92 Å². The second-order valence-corrected chi connectivity index (χ2v) is 7.84. The zero-order chi connectivity index (χ0) is 15.5. The highest BCUT2D eigenvalue weighted by Crippen LogP contribution is 2.16. The van der Waals surface area contributed by atoms with Crippen molar-refractivity contribution in [1.82, 2.24) is 14.3 Å². The molecule has 2 aromatic rings. The number of hydrogen-bond acceptors (Lipinski definition) is 5. The predicted molar refractivity (Wildman–Crippen MR) is 83.5 cm³/mol. The van der Waals surface area contributed by atoms with E-state index in [2.05, 4.69) is 9.71 Å². The molecule has 21 heavy (non-hydrogen) atoms. The lowest BCUT2D eigenvalue weighted by molar-refractivity contribution is 0.580. The molecule has 2 aromatic heterocycles. The predicted octanol–water partition coefficient (Wildman–Crippen LogP) is 1.60. The molecular formula is C13H20N4O2S2. The largest absolute Gasteiger partial charge is 0.349 e. The fourth-order valence-corrected chi connectivity index (χ4v) is 3.89. The standard InChI is InChI=1S/C13H20N4O2S2/c1-3-4-17-9-12(5-11(17)6-14)21(18,19)16-8-13-15-7-10(2)20-13/h5,7,9,16H,3-4,6,8,14H2,1-2H3. The molecule has 0 aliphatic carbocycles. The van der Waals surface area contributed by atoms with Crippen LogP contribution >= 0.6 is 11.3 Å². The fourth-order valence-electron chi connectivity index (χ4n) is 2.02. The van der Waals surface area contributed by atoms with Gasteiger partial charge in [-0.25, -0.2) is 18.1 Å². The molecular weight excluding hydrogens is 308 g/mol. The van der Waals surface area contributed by atoms with Gasteiger partial charge in [0.1, 0.15) is 5.01 Å². The van der Waals surface area contributed by atoms with Crippen molar-refractivity contribution < 1.29 is 8.42 Å². The summed E-state index contributed by atoms with van der Waals surface area (Å²) in [5, 5.41) is 0.753. The van der Waals surface area contributed by atoms with Gasteiger partial charge in [0.2, 0.25) is 10.0 Å². The van der Waals surface area contributed by atoms with Crippen molar-refractivity contribution in [2.45, 2.75) is 44.8 Å². The average Bonchev–Trinajstić information content (AvgIpc) is 3.04. The lowest BCUT2D eigenvalue weighted by atomic mass is 10.4. The Balaban J connectivity index is 2.15. The van der Waals surface area contributed by atoms with Gasteiger partial charge < -0.3 is 10.3 Å². The van der Waals surface area contributed by atoms with Gasteiger partial charge in [0.05, 0.1) is 11.4 Å². The first-order valence-electron chi connectivity index (χ1n) is 6.76. The number of thiazole rings is 1. The SMILES string of the molecule is CCCn1cc(S(=O)(=O)NCc2ncc(C)s2)cc1CN. The van der Waals surface area contributed by atoms with Crippen molar-refractivity contribution in [2.24, 2.45) is 5.73 Å². The van der Waals surface area contributed by atoms with Crippen LogP contribution in [0.25, 0.3) is 0 Å². The first kappa shape index (κ1) is 16.2. The van der Waals surface area contributed by atoms with Crippen LogP contribution in [-0.2, 0) is 29.7 Å². The number of nitrogens with two attached hydrogens (primary N) is 1. The molecule has 8 heteroatoms. The van der Waals surface area contributed by atoms with Gasteiger partial charge in [-0.3, -0.25) is 0 Å². The number of aryl methyl sites for hydroxylation is 2. The Morgan fingerprint density at radius 3 is 2.81 bits per heavy atom. The summed E-state index contributed by atoms with van der Waals surface area (Å²) in [5.41, 5.74) is 6.48. The quantitative estimate of drug-likeness (QED) is 0.808. The molecule has 0 spiro atoms. The lowest BCUT2D eigenvalue weighted by Gasteiger charge is -2.04. The molecule has 0 aliphatic rings. The summed E-state index contributed by atoms with van der Waals surface area (Å²) in [6, 6.07) is 1.63. The van der Waals surface area contributed by atoms with E-state index in [9.17, 15) is 8.42 Å². The third-order valence-electron chi connectivity index (χ3n) is 3.03. The first-order chi connectivity index (χ1) is 9.96. The van der Waals surface area contributed by atoms with E-state index < -0.39 is 10.0 Å². The van der Waals surface area contributed by atoms with Crippen LogP contribution in [0.2, 0.25) is 0 Å². The van der Waals surface area contributed by atoms with E-state index in [0.717, 1.165) is 28.5 Å². The van der Waals surface area contributed by atoms with E-state index in [1.54, 1.807) is 18.5 Å². The van der Waals surface area contributed by atoms with Crippen molar-refractivity contribution in [1.29, 1.82) is 0 Å². The second kappa shape index (κ2) is 6.69. The zero-order valence-electron chi connectivity index (χ0n) is 12.2. The fraction of sp³-hybridized carbons (Fsp3) is 0.462. The summed E-state index contributed by atoms with van der Waals surface area (Å²) in [5.74, 6) is 0. The Morgan fingerprint density at radius 2 is 2.24 bits per heavy atom. The molecule has 0 aliphatic heterocycles. The van der Waals surface area contributed by atoms with Crippen LogP contribution in [-0.4, -0.2) is 18.0 Å². The molecule has 0 fully saturated rings. The van der Waals surface area contributed by atoms with Crippen LogP contribution in [0.4, 0.5) is 0 Å². The Morgan fingerprint density at radius 1 is 1.48 bits per heavy atom. The molecule has 6 nitrogen and oxygen atoms in total. The number of sulfonamides is 1. The lowest BCUT2D eigenvalue weighted by Crippen LogP contribution is -2.22. The van der Waals surface area contributed by atoms with Crippen molar-refractivity contribution >= 4 is 21.4 Å². The van der Waals surface area contributed by atoms with Crippen LogP contribution < -0.4 is 10.5 Å². The van der Waals surface area contributed by atoms with Crippen LogP contribution in [0.15, 0.2) is 23.4 Å². The molecule has 0 saturated heterocycles. The molecule has 0 amide bonds. The van der Waals surface area contributed by atoms with E-state index >= 15 is 0 Å². The molecule has 0 radical (unpaired) electrons. The Hall–Kier alpha value is -1.22. The van der Waals surface area contributed by atoms with Gasteiger partial charge in [0, 0.05) is 36.1 Å². The number of nitrogens with zero attached hydrogens (tertiary/aromatic N) is 2. The maximum atomic E-state index is 12.3. The molecule has 2 heterocycles. The smallest absolute Gasteiger partial charge is 0.242 e. The Kier molecular flexibility index (Phi) is 5.15. The number of hydrogen-bond donors (Lipinski definition) is 2. The highest BCUT2D eigenvalue weighted by Gasteiger charge is 2.18. The van der Waals surface area contributed by atoms with Crippen molar-refractivity contribution in [3.63, 3.8) is 0 Å². The number of rotatable bonds is 7. The Bertz CT molecular complexity index is 704. The minimum absolute atomic E-state index is 0.206. The average molecular weight is 328 g/mol. The normalized spacial score (nSPS) is 12.0. The third-order valence-corrected chi connectivity index (χ3v) is 5.31. The van der Waals surface area contributed by atoms with Gasteiger partial charge in [0.25, 0.3) is 0 Å².